The van der Waals surface area contributed by atoms with E-state index in [2.05, 4.69) is 13.0 Å². The summed E-state index contributed by atoms with van der Waals surface area (Å²) < 4.78 is 11.4. The summed E-state index contributed by atoms with van der Waals surface area (Å²) in [5.41, 5.74) is 4.06. The van der Waals surface area contributed by atoms with Gasteiger partial charge in [0.25, 0.3) is 0 Å². The van der Waals surface area contributed by atoms with Crippen LogP contribution >= 0.6 is 0 Å². The highest BCUT2D eigenvalue weighted by Crippen LogP contribution is 2.48. The van der Waals surface area contributed by atoms with Gasteiger partial charge in [0.05, 0.1) is 18.8 Å². The largest absolute Gasteiger partial charge is 0.497 e. The maximum atomic E-state index is 13.8. The number of hydrogen-bond acceptors (Lipinski definition) is 4. The Balaban J connectivity index is 1.39. The molecule has 0 bridgehead atoms. The van der Waals surface area contributed by atoms with Gasteiger partial charge < -0.3 is 19.3 Å². The molecule has 0 N–H and O–H groups in total. The maximum absolute atomic E-state index is 13.8. The van der Waals surface area contributed by atoms with E-state index in [4.69, 9.17) is 9.47 Å². The van der Waals surface area contributed by atoms with Crippen molar-refractivity contribution in [1.82, 2.24) is 14.7 Å². The van der Waals surface area contributed by atoms with Gasteiger partial charge in [-0.2, -0.15) is 0 Å². The number of rotatable bonds is 5. The maximum Gasteiger partial charge on any atom is 0.325 e. The Hall–Kier alpha value is -3.32. The summed E-state index contributed by atoms with van der Waals surface area (Å²) in [6.07, 6.45) is 9.99. The number of piperidine rings is 1. The molecule has 7 heteroatoms. The van der Waals surface area contributed by atoms with Gasteiger partial charge in [0.2, 0.25) is 5.91 Å². The van der Waals surface area contributed by atoms with E-state index >= 15 is 0 Å². The molecule has 1 aliphatic carbocycles. The summed E-state index contributed by atoms with van der Waals surface area (Å²) in [6.45, 7) is 6.65. The quantitative estimate of drug-likeness (QED) is 0.551. The molecule has 0 saturated carbocycles. The van der Waals surface area contributed by atoms with Crippen molar-refractivity contribution in [2.75, 3.05) is 40.4 Å². The van der Waals surface area contributed by atoms with Crippen LogP contribution in [0.5, 0.6) is 0 Å². The van der Waals surface area contributed by atoms with E-state index in [-0.39, 0.29) is 24.0 Å². The lowest BCUT2D eigenvalue weighted by Gasteiger charge is -2.44. The molecular weight excluding hydrogens is 466 g/mol. The molecule has 0 radical (unpaired) electrons. The Kier molecular flexibility index (Phi) is 6.99. The molecule has 3 amide bonds. The second kappa shape index (κ2) is 10.2. The minimum absolute atomic E-state index is 0.0174. The molecule has 1 aromatic rings. The van der Waals surface area contributed by atoms with E-state index < -0.39 is 5.54 Å². The molecule has 2 atom stereocenters. The number of likely N-dealkylation sites (N-methyl/N-ethyl adjacent to an activating group) is 1. The van der Waals surface area contributed by atoms with Crippen LogP contribution in [-0.2, 0) is 14.3 Å². The predicted molar refractivity (Wildman–Crippen MR) is 143 cm³/mol. The molecule has 37 heavy (non-hydrogen) atoms. The summed E-state index contributed by atoms with van der Waals surface area (Å²) in [7, 11) is 3.41. The third kappa shape index (κ3) is 4.39. The number of hydrogen-bond donors (Lipinski definition) is 0. The Bertz CT molecular complexity index is 1170. The third-order valence-electron chi connectivity index (χ3n) is 8.35. The van der Waals surface area contributed by atoms with Crippen molar-refractivity contribution in [1.29, 1.82) is 0 Å². The molecule has 3 aliphatic heterocycles. The number of carbonyl (C=O) groups is 2. The van der Waals surface area contributed by atoms with Crippen molar-refractivity contribution in [3.8, 4) is 0 Å². The van der Waals surface area contributed by atoms with Crippen LogP contribution in [0.2, 0.25) is 0 Å². The first kappa shape index (κ1) is 25.3. The SMILES string of the molecule is CCN1C(=O)N2CC3=C(C(OC)=CC(OC)C3)[C@@H](C)C=C2C12CCN(C(=O)/C=C/c1ccccc1)CC2. The van der Waals surface area contributed by atoms with Crippen molar-refractivity contribution >= 4 is 18.0 Å². The van der Waals surface area contributed by atoms with E-state index in [0.29, 0.717) is 26.2 Å². The van der Waals surface area contributed by atoms with Crippen molar-refractivity contribution in [3.05, 3.63) is 76.7 Å². The van der Waals surface area contributed by atoms with Gasteiger partial charge in [-0.25, -0.2) is 4.79 Å². The van der Waals surface area contributed by atoms with Gasteiger partial charge in [-0.1, -0.05) is 43.3 Å². The van der Waals surface area contributed by atoms with Crippen LogP contribution in [0.3, 0.4) is 0 Å². The number of allylic oxidation sites excluding steroid dienone is 2. The van der Waals surface area contributed by atoms with Crippen LogP contribution in [0.15, 0.2) is 71.2 Å². The highest BCUT2D eigenvalue weighted by atomic mass is 16.5. The number of benzene rings is 1. The van der Waals surface area contributed by atoms with Crippen LogP contribution in [0.4, 0.5) is 4.79 Å². The van der Waals surface area contributed by atoms with E-state index in [0.717, 1.165) is 36.3 Å². The minimum Gasteiger partial charge on any atom is -0.497 e. The number of methoxy groups -OCH3 is 2. The molecule has 7 nitrogen and oxygen atoms in total. The summed E-state index contributed by atoms with van der Waals surface area (Å²) in [4.78, 5) is 32.7. The second-order valence-corrected chi connectivity index (χ2v) is 10.3. The first-order chi connectivity index (χ1) is 17.9. The summed E-state index contributed by atoms with van der Waals surface area (Å²) in [6, 6.07) is 9.92. The number of nitrogens with zero attached hydrogens (tertiary/aromatic N) is 3. The highest BCUT2D eigenvalue weighted by molar-refractivity contribution is 5.92. The normalized spacial score (nSPS) is 25.2. The topological polar surface area (TPSA) is 62.3 Å². The molecule has 4 aliphatic rings. The molecule has 5 rings (SSSR count). The number of ether oxygens (including phenoxy) is 2. The Labute approximate surface area is 219 Å². The standard InChI is InChI=1S/C30H37N3O4/c1-5-33-29(35)32-20-23-18-24(36-3)19-25(37-4)28(23)21(2)17-26(32)30(33)13-15-31(16-14-30)27(34)12-11-22-9-7-6-8-10-22/h6-12,17,19,21,24H,5,13-16,18,20H2,1-4H3/b12-11+/t21-,24?/m0/s1. The number of carbonyl (C=O) groups excluding carboxylic acids is 2. The highest BCUT2D eigenvalue weighted by Gasteiger charge is 2.55. The average molecular weight is 504 g/mol. The van der Waals surface area contributed by atoms with E-state index in [9.17, 15) is 9.59 Å². The first-order valence-corrected chi connectivity index (χ1v) is 13.3. The predicted octanol–water partition coefficient (Wildman–Crippen LogP) is 4.60. The zero-order chi connectivity index (χ0) is 26.2. The zero-order valence-corrected chi connectivity index (χ0v) is 22.3. The Morgan fingerprint density at radius 2 is 1.86 bits per heavy atom. The molecule has 2 saturated heterocycles. The fourth-order valence-corrected chi connectivity index (χ4v) is 6.50. The summed E-state index contributed by atoms with van der Waals surface area (Å²) >= 11 is 0. The van der Waals surface area contributed by atoms with E-state index in [1.54, 1.807) is 20.3 Å². The molecule has 2 fully saturated rings. The lowest BCUT2D eigenvalue weighted by atomic mass is 9.81. The minimum atomic E-state index is -0.397. The second-order valence-electron chi connectivity index (χ2n) is 10.3. The number of fused-ring (bicyclic) bond motifs is 2. The van der Waals surface area contributed by atoms with Crippen LogP contribution < -0.4 is 0 Å². The van der Waals surface area contributed by atoms with Gasteiger partial charge in [0.1, 0.15) is 5.76 Å². The molecule has 196 valence electrons. The van der Waals surface area contributed by atoms with Crippen molar-refractivity contribution < 1.29 is 19.1 Å². The summed E-state index contributed by atoms with van der Waals surface area (Å²) in [5, 5.41) is 0. The lowest BCUT2D eigenvalue weighted by molar-refractivity contribution is -0.127. The van der Waals surface area contributed by atoms with Crippen LogP contribution in [-0.4, -0.2) is 78.7 Å². The van der Waals surface area contributed by atoms with Crippen molar-refractivity contribution in [2.45, 2.75) is 44.8 Å². The van der Waals surface area contributed by atoms with Crippen molar-refractivity contribution in [3.63, 3.8) is 0 Å². The Morgan fingerprint density at radius 3 is 2.51 bits per heavy atom. The van der Waals surface area contributed by atoms with Gasteiger partial charge in [-0.3, -0.25) is 9.69 Å². The van der Waals surface area contributed by atoms with Crippen LogP contribution in [0, 0.1) is 5.92 Å². The number of urea groups is 1. The zero-order valence-electron chi connectivity index (χ0n) is 22.3. The lowest BCUT2D eigenvalue weighted by Crippen LogP contribution is -2.54. The Morgan fingerprint density at radius 1 is 1.14 bits per heavy atom. The van der Waals surface area contributed by atoms with Gasteiger partial charge in [0, 0.05) is 63.0 Å². The van der Waals surface area contributed by atoms with Gasteiger partial charge in [-0.05, 0) is 43.1 Å². The fourth-order valence-electron chi connectivity index (χ4n) is 6.50. The average Bonchev–Trinajstić information content (AvgIpc) is 3.03. The van der Waals surface area contributed by atoms with Gasteiger partial charge in [0.15, 0.2) is 0 Å². The van der Waals surface area contributed by atoms with Crippen LogP contribution in [0.25, 0.3) is 6.08 Å². The van der Waals surface area contributed by atoms with Gasteiger partial charge >= 0.3 is 6.03 Å². The smallest absolute Gasteiger partial charge is 0.325 e. The monoisotopic (exact) mass is 503 g/mol. The number of amides is 3. The number of likely N-dealkylation sites (tertiary alicyclic amines) is 1. The molecule has 1 aromatic carbocycles. The van der Waals surface area contributed by atoms with Crippen LogP contribution in [0.1, 0.15) is 38.7 Å². The van der Waals surface area contributed by atoms with E-state index in [1.165, 1.54) is 11.1 Å². The molecular formula is C30H37N3O4. The first-order valence-electron chi connectivity index (χ1n) is 13.3. The molecule has 0 aromatic heterocycles. The van der Waals surface area contributed by atoms with Crippen molar-refractivity contribution in [2.24, 2.45) is 5.92 Å². The van der Waals surface area contributed by atoms with Gasteiger partial charge in [-0.15, -0.1) is 0 Å². The fraction of sp³-hybridized carbons (Fsp3) is 0.467. The molecule has 1 spiro atoms. The molecule has 1 unspecified atom stereocenters. The van der Waals surface area contributed by atoms with E-state index in [1.807, 2.05) is 64.1 Å². The third-order valence-corrected chi connectivity index (χ3v) is 8.35. The summed E-state index contributed by atoms with van der Waals surface area (Å²) in [5.74, 6) is 0.968. The molecule has 3 heterocycles.